The summed E-state index contributed by atoms with van der Waals surface area (Å²) in [6.07, 6.45) is 0.315. The lowest BCUT2D eigenvalue weighted by Gasteiger charge is -2.24. The number of fused-ring (bicyclic) bond motifs is 1. The number of aryl methyl sites for hydroxylation is 1. The number of aliphatic carboxylic acids is 1. The van der Waals surface area contributed by atoms with Gasteiger partial charge in [-0.25, -0.2) is 4.79 Å². The van der Waals surface area contributed by atoms with E-state index in [0.717, 1.165) is 16.7 Å². The smallest absolute Gasteiger partial charge is 0.410 e. The standard InChI is InChI=1S/C16H21NO4/c1-16(2,3)21-15(20)17-9-12-6-4-11(5-7-14(18)19)8-13(12)10-17/h4,6,8H,5,7,9-10H2,1-3H3,(H,18,19). The molecule has 1 aromatic rings. The molecule has 5 heteroatoms. The molecule has 1 amide bonds. The fraction of sp³-hybridized carbons (Fsp3) is 0.500. The Labute approximate surface area is 124 Å². The Kier molecular flexibility index (Phi) is 4.21. The molecule has 1 aliphatic rings. The second-order valence-corrected chi connectivity index (χ2v) is 6.33. The third-order valence-electron chi connectivity index (χ3n) is 3.27. The molecule has 114 valence electrons. The summed E-state index contributed by atoms with van der Waals surface area (Å²) in [6, 6.07) is 5.89. The molecule has 0 aromatic heterocycles. The van der Waals surface area contributed by atoms with Gasteiger partial charge < -0.3 is 9.84 Å². The first-order valence-corrected chi connectivity index (χ1v) is 7.05. The van der Waals surface area contributed by atoms with E-state index in [9.17, 15) is 9.59 Å². The van der Waals surface area contributed by atoms with Crippen LogP contribution in [0.15, 0.2) is 18.2 Å². The lowest BCUT2D eigenvalue weighted by atomic mass is 10.0. The first-order valence-electron chi connectivity index (χ1n) is 7.05. The van der Waals surface area contributed by atoms with E-state index in [1.54, 1.807) is 4.90 Å². The van der Waals surface area contributed by atoms with Crippen LogP contribution >= 0.6 is 0 Å². The zero-order valence-electron chi connectivity index (χ0n) is 12.7. The number of hydrogen-bond acceptors (Lipinski definition) is 3. The van der Waals surface area contributed by atoms with E-state index in [1.165, 1.54) is 0 Å². The summed E-state index contributed by atoms with van der Waals surface area (Å²) in [7, 11) is 0. The number of carboxylic acids is 1. The lowest BCUT2D eigenvalue weighted by Crippen LogP contribution is -2.33. The first-order chi connectivity index (χ1) is 9.74. The van der Waals surface area contributed by atoms with Crippen molar-refractivity contribution in [3.8, 4) is 0 Å². The molecule has 0 radical (unpaired) electrons. The van der Waals surface area contributed by atoms with Crippen molar-refractivity contribution in [2.75, 3.05) is 0 Å². The van der Waals surface area contributed by atoms with E-state index in [4.69, 9.17) is 9.84 Å². The monoisotopic (exact) mass is 291 g/mol. The Morgan fingerprint density at radius 2 is 1.90 bits per heavy atom. The van der Waals surface area contributed by atoms with Crippen LogP contribution in [0.5, 0.6) is 0 Å². The maximum atomic E-state index is 12.1. The molecule has 1 aromatic carbocycles. The highest BCUT2D eigenvalue weighted by molar-refractivity contribution is 5.69. The quantitative estimate of drug-likeness (QED) is 0.929. The van der Waals surface area contributed by atoms with E-state index in [0.29, 0.717) is 19.5 Å². The number of carboxylic acid groups (broad SMARTS) is 1. The molecule has 0 bridgehead atoms. The molecule has 1 aliphatic heterocycles. The van der Waals surface area contributed by atoms with Crippen LogP contribution in [0.25, 0.3) is 0 Å². The molecule has 1 N–H and O–H groups in total. The number of carbonyl (C=O) groups excluding carboxylic acids is 1. The van der Waals surface area contributed by atoms with Gasteiger partial charge in [0, 0.05) is 19.5 Å². The van der Waals surface area contributed by atoms with Crippen LogP contribution in [0.2, 0.25) is 0 Å². The fourth-order valence-corrected chi connectivity index (χ4v) is 2.31. The summed E-state index contributed by atoms with van der Waals surface area (Å²) < 4.78 is 5.37. The molecule has 0 saturated heterocycles. The largest absolute Gasteiger partial charge is 0.481 e. The minimum absolute atomic E-state index is 0.120. The molecule has 0 aliphatic carbocycles. The van der Waals surface area contributed by atoms with Crippen molar-refractivity contribution >= 4 is 12.1 Å². The van der Waals surface area contributed by atoms with Crippen LogP contribution in [-0.2, 0) is 29.0 Å². The van der Waals surface area contributed by atoms with Gasteiger partial charge in [-0.1, -0.05) is 18.2 Å². The second kappa shape index (κ2) is 5.76. The normalized spacial score (nSPS) is 14.0. The molecule has 2 rings (SSSR count). The number of hydrogen-bond donors (Lipinski definition) is 1. The van der Waals surface area contributed by atoms with Crippen molar-refractivity contribution in [1.29, 1.82) is 0 Å². The summed E-state index contributed by atoms with van der Waals surface area (Å²) in [6.45, 7) is 6.60. The van der Waals surface area contributed by atoms with Crippen molar-refractivity contribution in [2.45, 2.75) is 52.3 Å². The number of amides is 1. The Bertz CT molecular complexity index is 560. The van der Waals surface area contributed by atoms with E-state index >= 15 is 0 Å². The first kappa shape index (κ1) is 15.4. The minimum atomic E-state index is -0.800. The third kappa shape index (κ3) is 4.21. The van der Waals surface area contributed by atoms with Crippen molar-refractivity contribution < 1.29 is 19.4 Å². The summed E-state index contributed by atoms with van der Waals surface area (Å²) >= 11 is 0. The van der Waals surface area contributed by atoms with Crippen LogP contribution in [0.1, 0.15) is 43.9 Å². The Morgan fingerprint density at radius 1 is 1.24 bits per heavy atom. The third-order valence-corrected chi connectivity index (χ3v) is 3.27. The zero-order valence-corrected chi connectivity index (χ0v) is 12.7. The SMILES string of the molecule is CC(C)(C)OC(=O)N1Cc2ccc(CCC(=O)O)cc2C1. The van der Waals surface area contributed by atoms with Gasteiger partial charge in [-0.15, -0.1) is 0 Å². The molecule has 5 nitrogen and oxygen atoms in total. The maximum Gasteiger partial charge on any atom is 0.410 e. The molecule has 1 heterocycles. The van der Waals surface area contributed by atoms with Gasteiger partial charge in [0.1, 0.15) is 5.60 Å². The summed E-state index contributed by atoms with van der Waals surface area (Å²) in [5, 5.41) is 8.72. The maximum absolute atomic E-state index is 12.1. The molecule has 0 unspecified atom stereocenters. The van der Waals surface area contributed by atoms with Gasteiger partial charge in [0.25, 0.3) is 0 Å². The van der Waals surface area contributed by atoms with Gasteiger partial charge in [-0.05, 0) is 43.9 Å². The number of ether oxygens (including phenoxy) is 1. The van der Waals surface area contributed by atoms with Crippen molar-refractivity contribution in [1.82, 2.24) is 4.90 Å². The van der Waals surface area contributed by atoms with Gasteiger partial charge in [0.2, 0.25) is 0 Å². The molecule has 0 spiro atoms. The van der Waals surface area contributed by atoms with Gasteiger partial charge in [0.15, 0.2) is 0 Å². The lowest BCUT2D eigenvalue weighted by molar-refractivity contribution is -0.136. The summed E-state index contributed by atoms with van der Waals surface area (Å²) in [5.74, 6) is -0.800. The van der Waals surface area contributed by atoms with Crippen molar-refractivity contribution in [2.24, 2.45) is 0 Å². The van der Waals surface area contributed by atoms with Crippen LogP contribution < -0.4 is 0 Å². The second-order valence-electron chi connectivity index (χ2n) is 6.33. The highest BCUT2D eigenvalue weighted by Gasteiger charge is 2.27. The minimum Gasteiger partial charge on any atom is -0.481 e. The van der Waals surface area contributed by atoms with E-state index in [-0.39, 0.29) is 12.5 Å². The zero-order chi connectivity index (χ0) is 15.6. The number of carbonyl (C=O) groups is 2. The average molecular weight is 291 g/mol. The van der Waals surface area contributed by atoms with Crippen LogP contribution in [0.3, 0.4) is 0 Å². The van der Waals surface area contributed by atoms with Gasteiger partial charge >= 0.3 is 12.1 Å². The van der Waals surface area contributed by atoms with E-state index in [1.807, 2.05) is 39.0 Å². The van der Waals surface area contributed by atoms with E-state index < -0.39 is 11.6 Å². The number of rotatable bonds is 3. The van der Waals surface area contributed by atoms with Crippen molar-refractivity contribution in [3.63, 3.8) is 0 Å². The Balaban J connectivity index is 2.02. The number of benzene rings is 1. The van der Waals surface area contributed by atoms with E-state index in [2.05, 4.69) is 0 Å². The Hall–Kier alpha value is -2.04. The topological polar surface area (TPSA) is 66.8 Å². The molecule has 0 fully saturated rings. The molecule has 21 heavy (non-hydrogen) atoms. The predicted octanol–water partition coefficient (Wildman–Crippen LogP) is 2.95. The molecule has 0 saturated carbocycles. The Morgan fingerprint density at radius 3 is 2.52 bits per heavy atom. The molecule has 0 atom stereocenters. The van der Waals surface area contributed by atoms with Gasteiger partial charge in [0.05, 0.1) is 0 Å². The predicted molar refractivity (Wildman–Crippen MR) is 77.9 cm³/mol. The highest BCUT2D eigenvalue weighted by atomic mass is 16.6. The van der Waals surface area contributed by atoms with Crippen LogP contribution in [0.4, 0.5) is 4.79 Å². The summed E-state index contributed by atoms with van der Waals surface area (Å²) in [4.78, 5) is 24.3. The van der Waals surface area contributed by atoms with Gasteiger partial charge in [-0.2, -0.15) is 0 Å². The number of nitrogens with zero attached hydrogens (tertiary/aromatic N) is 1. The fourth-order valence-electron chi connectivity index (χ4n) is 2.31. The average Bonchev–Trinajstić information content (AvgIpc) is 2.77. The van der Waals surface area contributed by atoms with Crippen LogP contribution in [0, 0.1) is 0 Å². The highest BCUT2D eigenvalue weighted by Crippen LogP contribution is 2.26. The van der Waals surface area contributed by atoms with Crippen molar-refractivity contribution in [3.05, 3.63) is 34.9 Å². The van der Waals surface area contributed by atoms with Crippen LogP contribution in [-0.4, -0.2) is 27.7 Å². The summed E-state index contributed by atoms with van der Waals surface area (Å²) in [5.41, 5.74) is 2.66. The van der Waals surface area contributed by atoms with Gasteiger partial charge in [-0.3, -0.25) is 9.69 Å². The molecular formula is C16H21NO4. The molecular weight excluding hydrogens is 270 g/mol.